The molecule has 0 saturated carbocycles. The maximum atomic E-state index is 10.1. The average Bonchev–Trinajstić information content (AvgIpc) is 2.40. The quantitative estimate of drug-likeness (QED) is 0.0821. The third-order valence-electron chi connectivity index (χ3n) is 1.20. The molecule has 0 atom stereocenters. The Morgan fingerprint density at radius 3 is 0.447 bits per heavy atom. The minimum atomic E-state index is -5.97. The molecule has 0 amide bonds. The van der Waals surface area contributed by atoms with Gasteiger partial charge in [0.15, 0.2) is 6.19 Å². The van der Waals surface area contributed by atoms with Gasteiger partial charge in [-0.05, 0) is 0 Å². The van der Waals surface area contributed by atoms with Gasteiger partial charge in [-0.1, -0.05) is 0 Å². The first-order valence-corrected chi connectivity index (χ1v) is 20.2. The zero-order valence-electron chi connectivity index (χ0n) is 20.7. The number of nitrogens with zero attached hydrogens (tertiary/aromatic N) is 1. The molecule has 0 aromatic rings. The molecule has 0 heterocycles. The summed E-state index contributed by atoms with van der Waals surface area (Å²) >= 11 is 0. The van der Waals surface area contributed by atoms with Crippen LogP contribution in [0.2, 0.25) is 0 Å². The van der Waals surface area contributed by atoms with E-state index in [0.717, 1.165) is 0 Å². The molecule has 0 saturated heterocycles. The summed E-state index contributed by atoms with van der Waals surface area (Å²) in [7, 11) is -53.7. The molecule has 0 fully saturated rings. The molecule has 0 aliphatic rings. The molecule has 0 bridgehead atoms. The van der Waals surface area contributed by atoms with Crippen molar-refractivity contribution in [1.29, 1.82) is 5.26 Å². The third-order valence-corrected chi connectivity index (χ3v) is 10.8. The molecule has 0 radical (unpaired) electrons. The molecule has 46 heteroatoms. The van der Waals surface area contributed by atoms with Gasteiger partial charge in [-0.25, -0.2) is 0 Å². The van der Waals surface area contributed by atoms with E-state index in [1.54, 1.807) is 0 Å². The van der Waals surface area contributed by atoms with Crippen molar-refractivity contribution in [1.82, 2.24) is 0 Å². The van der Waals surface area contributed by atoms with E-state index < -0.39 is 70.4 Å². The molecule has 0 aliphatic carbocycles. The molecule has 0 rings (SSSR count). The molecular formula is CH2Al5N2O30P9. The Kier molecular flexibility index (Phi) is 42.2. The molecule has 0 spiro atoms. The molecule has 0 aliphatic heterocycles. The van der Waals surface area contributed by atoms with Gasteiger partial charge < -0.3 is 107 Å². The third kappa shape index (κ3) is 71.3. The fourth-order valence-electron chi connectivity index (χ4n) is 0.780. The van der Waals surface area contributed by atoms with E-state index in [-0.39, 0.29) is 86.8 Å². The van der Waals surface area contributed by atoms with Crippen molar-refractivity contribution in [2.24, 2.45) is 5.73 Å². The summed E-state index contributed by atoms with van der Waals surface area (Å²) in [5.74, 6) is 0. The van der Waals surface area contributed by atoms with Crippen LogP contribution in [0.15, 0.2) is 0 Å². The van der Waals surface area contributed by atoms with Crippen LogP contribution in [-0.2, 0) is 66.9 Å². The van der Waals surface area contributed by atoms with Crippen molar-refractivity contribution in [2.75, 3.05) is 0 Å². The van der Waals surface area contributed by atoms with Crippen molar-refractivity contribution in [3.63, 3.8) is 0 Å². The molecule has 47 heavy (non-hydrogen) atoms. The first-order chi connectivity index (χ1) is 17.7. The summed E-state index contributed by atoms with van der Waals surface area (Å²) in [6, 6.07) is 0. The molecule has 0 aromatic heterocycles. The second-order valence-electron chi connectivity index (χ2n) is 4.64. The molecule has 0 aromatic carbocycles. The second kappa shape index (κ2) is 27.7. The monoisotopic (exact) mass is 936 g/mol. The fraction of sp³-hybridized carbons (Fsp3) is 0. The zero-order chi connectivity index (χ0) is 35.4. The summed E-state index contributed by atoms with van der Waals surface area (Å²) < 4.78 is 104. The van der Waals surface area contributed by atoms with E-state index in [9.17, 15) is 114 Å². The Morgan fingerprint density at radius 2 is 0.404 bits per heavy atom. The number of nitriles is 1. The van der Waals surface area contributed by atoms with Crippen LogP contribution in [0, 0.1) is 11.5 Å². The molecule has 2 N–H and O–H groups in total. The summed E-state index contributed by atoms with van der Waals surface area (Å²) in [6.45, 7) is 0. The Hall–Kier alpha value is 3.18. The van der Waals surface area contributed by atoms with E-state index >= 15 is 0 Å². The standard InChI is InChI=1S/CH2N2.5Al.3H5O10P3/c2-1-3;;;;;;3*1-11(2,3)9-13(7,8)10-12(4,5)6/h2H2;;;;;;3*(H,7,8)(H2,1,2,3)(H2,4,5,6)/q;5*+3;;;/p-15. The second-order valence-corrected chi connectivity index (χ2v) is 16.6. The van der Waals surface area contributed by atoms with Crippen LogP contribution in [0.1, 0.15) is 0 Å². The van der Waals surface area contributed by atoms with Crippen LogP contribution in [0.5, 0.6) is 0 Å². The molecule has 256 valence electrons. The van der Waals surface area contributed by atoms with E-state index in [1.807, 2.05) is 0 Å². The number of hydrogen-bond acceptors (Lipinski definition) is 32. The van der Waals surface area contributed by atoms with Crippen LogP contribution in [0.25, 0.3) is 0 Å². The fourth-order valence-corrected chi connectivity index (χ4v) is 7.82. The van der Waals surface area contributed by atoms with Crippen molar-refractivity contribution in [3.05, 3.63) is 0 Å². The van der Waals surface area contributed by atoms with Gasteiger partial charge in [0.05, 0.1) is 46.9 Å². The van der Waals surface area contributed by atoms with E-state index in [4.69, 9.17) is 5.26 Å². The van der Waals surface area contributed by atoms with Gasteiger partial charge in [-0.15, -0.1) is 0 Å². The van der Waals surface area contributed by atoms with Crippen molar-refractivity contribution in [2.45, 2.75) is 0 Å². The van der Waals surface area contributed by atoms with Gasteiger partial charge >= 0.3 is 86.8 Å². The largest absolute Gasteiger partial charge is 3.00 e. The predicted molar refractivity (Wildman–Crippen MR) is 114 cm³/mol. The SMILES string of the molecule is N#CN.O=P([O-])([O-])OP(=O)([O-])OP(=O)([O-])[O-].O=P([O-])([O-])OP(=O)([O-])OP(=O)([O-])[O-].O=P([O-])([O-])OP(=O)([O-])OP(=O)([O-])[O-].[Al+3].[Al+3].[Al+3].[Al+3].[Al+3]. The van der Waals surface area contributed by atoms with E-state index in [1.165, 1.54) is 6.19 Å². The maximum absolute atomic E-state index is 10.1. The van der Waals surface area contributed by atoms with Crippen LogP contribution in [0.4, 0.5) is 0 Å². The first-order valence-electron chi connectivity index (χ1n) is 7.08. The van der Waals surface area contributed by atoms with E-state index in [0.29, 0.717) is 0 Å². The number of rotatable bonds is 12. The van der Waals surface area contributed by atoms with Crippen LogP contribution < -0.4 is 79.1 Å². The minimum Gasteiger partial charge on any atom is -0.790 e. The average molecular weight is 936 g/mol. The Labute approximate surface area is 312 Å². The maximum Gasteiger partial charge on any atom is 3.00 e. The van der Waals surface area contributed by atoms with Gasteiger partial charge in [-0.3, -0.25) is 39.6 Å². The number of nitrogens with two attached hydrogens (primary N) is 1. The van der Waals surface area contributed by atoms with Crippen LogP contribution >= 0.6 is 70.4 Å². The Balaban J connectivity index is -0.0000000599. The normalized spacial score (nSPS) is 12.2. The van der Waals surface area contributed by atoms with Gasteiger partial charge in [-0.2, -0.15) is 5.26 Å². The summed E-state index contributed by atoms with van der Waals surface area (Å²) in [5, 5.41) is 7.10. The van der Waals surface area contributed by atoms with Gasteiger partial charge in [0, 0.05) is 0 Å². The molecular weight excluding hydrogens is 934 g/mol. The minimum absolute atomic E-state index is 0. The summed E-state index contributed by atoms with van der Waals surface area (Å²) in [6.07, 6.45) is 1.25. The Morgan fingerprint density at radius 1 is 0.340 bits per heavy atom. The smallest absolute Gasteiger partial charge is 0.790 e. The predicted octanol–water partition coefficient (Wildman–Crippen LogP) is -14.0. The Bertz CT molecular complexity index is 1100. The van der Waals surface area contributed by atoms with Crippen molar-refractivity contribution < 1.29 is 140 Å². The van der Waals surface area contributed by atoms with Gasteiger partial charge in [0.2, 0.25) is 0 Å². The number of hydrogen-bond donors (Lipinski definition) is 1. The van der Waals surface area contributed by atoms with Crippen molar-refractivity contribution >= 4 is 157 Å². The first kappa shape index (κ1) is 71.6. The van der Waals surface area contributed by atoms with Gasteiger partial charge in [0.1, 0.15) is 0 Å². The summed E-state index contributed by atoms with van der Waals surface area (Å²) in [5.41, 5.74) is 4.15. The molecule has 0 unspecified atom stereocenters. The van der Waals surface area contributed by atoms with Gasteiger partial charge in [0.25, 0.3) is 23.5 Å². The topological polar surface area (TPSA) is 605 Å². The molecule has 32 nitrogen and oxygen atoms in total. The van der Waals surface area contributed by atoms with Crippen LogP contribution in [0.3, 0.4) is 0 Å². The zero-order valence-corrected chi connectivity index (χ0v) is 34.5. The summed E-state index contributed by atoms with van der Waals surface area (Å²) in [4.78, 5) is 146. The van der Waals surface area contributed by atoms with Crippen LogP contribution in [-0.4, -0.2) is 86.8 Å². The number of phosphoric acid groups is 9. The van der Waals surface area contributed by atoms with Crippen molar-refractivity contribution in [3.8, 4) is 6.19 Å². The van der Waals surface area contributed by atoms with E-state index in [2.05, 4.69) is 31.6 Å².